The van der Waals surface area contributed by atoms with E-state index in [0.717, 1.165) is 23.2 Å². The van der Waals surface area contributed by atoms with Gasteiger partial charge in [0.25, 0.3) is 0 Å². The van der Waals surface area contributed by atoms with E-state index < -0.39 is 5.97 Å². The fourth-order valence-corrected chi connectivity index (χ4v) is 2.45. The van der Waals surface area contributed by atoms with Gasteiger partial charge in [-0.05, 0) is 23.6 Å². The molecule has 1 aromatic rings. The minimum Gasteiger partial charge on any atom is -0.478 e. The molecule has 0 unspecified atom stereocenters. The molecular formula is C12H14BrNO2. The maximum Gasteiger partial charge on any atom is 0.337 e. The Morgan fingerprint density at radius 3 is 2.56 bits per heavy atom. The third-order valence-electron chi connectivity index (χ3n) is 2.77. The van der Waals surface area contributed by atoms with Gasteiger partial charge in [0.2, 0.25) is 0 Å². The zero-order valence-electron chi connectivity index (χ0n) is 9.33. The van der Waals surface area contributed by atoms with Crippen LogP contribution in [0.4, 0.5) is 5.69 Å². The van der Waals surface area contributed by atoms with E-state index in [4.69, 9.17) is 5.11 Å². The molecule has 0 bridgehead atoms. The van der Waals surface area contributed by atoms with Gasteiger partial charge in [-0.1, -0.05) is 29.8 Å². The van der Waals surface area contributed by atoms with Gasteiger partial charge in [0, 0.05) is 17.6 Å². The molecule has 0 radical (unpaired) electrons. The monoisotopic (exact) mass is 283 g/mol. The van der Waals surface area contributed by atoms with Crippen molar-refractivity contribution in [1.82, 2.24) is 0 Å². The Bertz CT molecular complexity index is 435. The second-order valence-corrected chi connectivity index (χ2v) is 5.90. The first-order valence-corrected chi connectivity index (χ1v) is 5.96. The number of nitrogens with zero attached hydrogens (tertiary/aromatic N) is 1. The molecular weight excluding hydrogens is 270 g/mol. The van der Waals surface area contributed by atoms with Crippen molar-refractivity contribution in [3.05, 3.63) is 28.2 Å². The molecule has 1 aromatic carbocycles. The summed E-state index contributed by atoms with van der Waals surface area (Å²) >= 11 is 3.38. The maximum atomic E-state index is 11.1. The second kappa shape index (κ2) is 3.77. The number of carboxylic acids is 1. The smallest absolute Gasteiger partial charge is 0.337 e. The van der Waals surface area contributed by atoms with Crippen LogP contribution in [0.3, 0.4) is 0 Å². The highest BCUT2D eigenvalue weighted by molar-refractivity contribution is 9.10. The van der Waals surface area contributed by atoms with Gasteiger partial charge in [-0.3, -0.25) is 0 Å². The third kappa shape index (κ3) is 2.07. The molecule has 86 valence electrons. The third-order valence-corrected chi connectivity index (χ3v) is 3.26. The molecule has 1 N–H and O–H groups in total. The van der Waals surface area contributed by atoms with Crippen molar-refractivity contribution in [2.24, 2.45) is 5.41 Å². The van der Waals surface area contributed by atoms with E-state index >= 15 is 0 Å². The lowest BCUT2D eigenvalue weighted by Gasteiger charge is -2.47. The number of halogens is 1. The second-order valence-electron chi connectivity index (χ2n) is 4.99. The van der Waals surface area contributed by atoms with Gasteiger partial charge in [0.1, 0.15) is 0 Å². The molecule has 0 spiro atoms. The van der Waals surface area contributed by atoms with E-state index in [1.807, 2.05) is 6.07 Å². The predicted molar refractivity (Wildman–Crippen MR) is 67.1 cm³/mol. The number of rotatable bonds is 2. The van der Waals surface area contributed by atoms with Gasteiger partial charge < -0.3 is 10.0 Å². The van der Waals surface area contributed by atoms with Crippen LogP contribution in [0.15, 0.2) is 22.7 Å². The molecule has 0 atom stereocenters. The summed E-state index contributed by atoms with van der Waals surface area (Å²) < 4.78 is 0.914. The van der Waals surface area contributed by atoms with Crippen LogP contribution < -0.4 is 4.90 Å². The number of anilines is 1. The molecule has 0 aliphatic carbocycles. The van der Waals surface area contributed by atoms with Crippen molar-refractivity contribution in [1.29, 1.82) is 0 Å². The Hall–Kier alpha value is -1.03. The number of benzene rings is 1. The predicted octanol–water partition coefficient (Wildman–Crippen LogP) is 2.99. The number of hydrogen-bond acceptors (Lipinski definition) is 2. The number of aromatic carboxylic acids is 1. The number of hydrogen-bond donors (Lipinski definition) is 1. The van der Waals surface area contributed by atoms with Crippen LogP contribution in [-0.4, -0.2) is 24.2 Å². The molecule has 3 nitrogen and oxygen atoms in total. The van der Waals surface area contributed by atoms with Crippen molar-refractivity contribution < 1.29 is 9.90 Å². The Kier molecular flexibility index (Phi) is 2.70. The lowest BCUT2D eigenvalue weighted by Crippen LogP contribution is -2.53. The largest absolute Gasteiger partial charge is 0.478 e. The highest BCUT2D eigenvalue weighted by Gasteiger charge is 2.35. The Morgan fingerprint density at radius 2 is 2.06 bits per heavy atom. The van der Waals surface area contributed by atoms with E-state index in [1.165, 1.54) is 0 Å². The minimum atomic E-state index is -0.868. The van der Waals surface area contributed by atoms with Crippen LogP contribution in [0.25, 0.3) is 0 Å². The minimum absolute atomic E-state index is 0.290. The maximum absolute atomic E-state index is 11.1. The Morgan fingerprint density at radius 1 is 1.44 bits per heavy atom. The Balaban J connectivity index is 2.33. The van der Waals surface area contributed by atoms with Crippen molar-refractivity contribution in [2.45, 2.75) is 13.8 Å². The van der Waals surface area contributed by atoms with E-state index in [0.29, 0.717) is 5.56 Å². The summed E-state index contributed by atoms with van der Waals surface area (Å²) in [4.78, 5) is 13.2. The summed E-state index contributed by atoms with van der Waals surface area (Å²) in [5.41, 5.74) is 1.47. The Labute approximate surface area is 103 Å². The molecule has 1 heterocycles. The van der Waals surface area contributed by atoms with Crippen LogP contribution in [0.1, 0.15) is 24.2 Å². The summed E-state index contributed by atoms with van der Waals surface area (Å²) in [6.45, 7) is 6.18. The molecule has 16 heavy (non-hydrogen) atoms. The molecule has 1 aliphatic heterocycles. The summed E-state index contributed by atoms with van der Waals surface area (Å²) in [6, 6.07) is 5.28. The van der Waals surface area contributed by atoms with Crippen LogP contribution >= 0.6 is 15.9 Å². The molecule has 0 amide bonds. The quantitative estimate of drug-likeness (QED) is 0.907. The van der Waals surface area contributed by atoms with Gasteiger partial charge in [-0.25, -0.2) is 4.79 Å². The van der Waals surface area contributed by atoms with E-state index in [1.54, 1.807) is 12.1 Å². The van der Waals surface area contributed by atoms with E-state index in [9.17, 15) is 4.79 Å². The number of carbonyl (C=O) groups is 1. The molecule has 1 fully saturated rings. The van der Waals surface area contributed by atoms with Gasteiger partial charge in [-0.15, -0.1) is 0 Å². The first-order chi connectivity index (χ1) is 7.39. The lowest BCUT2D eigenvalue weighted by atomic mass is 9.83. The highest BCUT2D eigenvalue weighted by atomic mass is 79.9. The lowest BCUT2D eigenvalue weighted by molar-refractivity contribution is 0.0696. The molecule has 1 saturated heterocycles. The van der Waals surface area contributed by atoms with Gasteiger partial charge >= 0.3 is 5.97 Å². The standard InChI is InChI=1S/C12H14BrNO2/c1-12(2)6-14(7-12)10-5-8(13)3-4-9(10)11(15)16/h3-5H,6-7H2,1-2H3,(H,15,16). The molecule has 2 rings (SSSR count). The summed E-state index contributed by atoms with van der Waals surface area (Å²) in [5.74, 6) is -0.868. The van der Waals surface area contributed by atoms with Gasteiger partial charge in [-0.2, -0.15) is 0 Å². The normalized spacial score (nSPS) is 18.1. The SMILES string of the molecule is CC1(C)CN(c2cc(Br)ccc2C(=O)O)C1. The fraction of sp³-hybridized carbons (Fsp3) is 0.417. The van der Waals surface area contributed by atoms with Gasteiger partial charge in [0.15, 0.2) is 0 Å². The zero-order valence-corrected chi connectivity index (χ0v) is 10.9. The fourth-order valence-electron chi connectivity index (χ4n) is 2.10. The zero-order chi connectivity index (χ0) is 11.9. The summed E-state index contributed by atoms with van der Waals surface area (Å²) in [6.07, 6.45) is 0. The van der Waals surface area contributed by atoms with E-state index in [-0.39, 0.29) is 5.41 Å². The molecule has 1 aliphatic rings. The van der Waals surface area contributed by atoms with Crippen LogP contribution in [0.5, 0.6) is 0 Å². The summed E-state index contributed by atoms with van der Waals surface area (Å²) in [5, 5.41) is 9.11. The van der Waals surface area contributed by atoms with Gasteiger partial charge in [0.05, 0.1) is 11.3 Å². The van der Waals surface area contributed by atoms with Crippen molar-refractivity contribution in [2.75, 3.05) is 18.0 Å². The molecule has 4 heteroatoms. The topological polar surface area (TPSA) is 40.5 Å². The van der Waals surface area contributed by atoms with Crippen molar-refractivity contribution in [3.8, 4) is 0 Å². The first kappa shape index (κ1) is 11.5. The van der Waals surface area contributed by atoms with Crippen molar-refractivity contribution >= 4 is 27.6 Å². The number of carboxylic acid groups (broad SMARTS) is 1. The van der Waals surface area contributed by atoms with E-state index in [2.05, 4.69) is 34.7 Å². The van der Waals surface area contributed by atoms with Crippen LogP contribution in [0, 0.1) is 5.41 Å². The van der Waals surface area contributed by atoms with Crippen molar-refractivity contribution in [3.63, 3.8) is 0 Å². The highest BCUT2D eigenvalue weighted by Crippen LogP contribution is 2.36. The van der Waals surface area contributed by atoms with Crippen LogP contribution in [0.2, 0.25) is 0 Å². The average molecular weight is 284 g/mol. The molecule has 0 saturated carbocycles. The van der Waals surface area contributed by atoms with Crippen LogP contribution in [-0.2, 0) is 0 Å². The molecule has 0 aromatic heterocycles. The average Bonchev–Trinajstić information content (AvgIpc) is 2.13. The summed E-state index contributed by atoms with van der Waals surface area (Å²) in [7, 11) is 0. The first-order valence-electron chi connectivity index (χ1n) is 5.17.